The van der Waals surface area contributed by atoms with Crippen LogP contribution >= 0.6 is 11.8 Å². The Morgan fingerprint density at radius 1 is 1.41 bits per heavy atom. The molecule has 1 aromatic carbocycles. The molecule has 0 radical (unpaired) electrons. The van der Waals surface area contributed by atoms with E-state index in [9.17, 15) is 13.6 Å². The van der Waals surface area contributed by atoms with Crippen molar-refractivity contribution in [2.24, 2.45) is 0 Å². The Morgan fingerprint density at radius 3 is 2.85 bits per heavy atom. The zero-order chi connectivity index (χ0) is 19.8. The average Bonchev–Trinajstić information content (AvgIpc) is 2.99. The van der Waals surface area contributed by atoms with Crippen LogP contribution in [0.25, 0.3) is 0 Å². The molecule has 0 aliphatic heterocycles. The number of nitrogens with one attached hydrogen (secondary N) is 1. The van der Waals surface area contributed by atoms with Crippen molar-refractivity contribution >= 4 is 17.7 Å². The number of halogens is 2. The van der Waals surface area contributed by atoms with Gasteiger partial charge in [-0.05, 0) is 24.6 Å². The van der Waals surface area contributed by atoms with Gasteiger partial charge in [0, 0.05) is 13.1 Å². The second-order valence-electron chi connectivity index (χ2n) is 5.36. The second-order valence-corrected chi connectivity index (χ2v) is 6.30. The Bertz CT molecular complexity index is 798. The van der Waals surface area contributed by atoms with Crippen molar-refractivity contribution in [3.63, 3.8) is 0 Å². The lowest BCUT2D eigenvalue weighted by Gasteiger charge is -2.12. The van der Waals surface area contributed by atoms with E-state index < -0.39 is 6.61 Å². The van der Waals surface area contributed by atoms with Crippen molar-refractivity contribution in [2.75, 3.05) is 12.9 Å². The van der Waals surface area contributed by atoms with Gasteiger partial charge < -0.3 is 19.4 Å². The van der Waals surface area contributed by atoms with Crippen LogP contribution in [-0.4, -0.2) is 40.1 Å². The number of alkyl halides is 2. The minimum Gasteiger partial charge on any atom is -0.493 e. The van der Waals surface area contributed by atoms with Crippen LogP contribution in [0.4, 0.5) is 8.78 Å². The summed E-state index contributed by atoms with van der Waals surface area (Å²) >= 11 is 1.27. The van der Waals surface area contributed by atoms with Crippen LogP contribution in [-0.2, 0) is 17.9 Å². The minimum atomic E-state index is -2.94. The molecule has 10 heteroatoms. The zero-order valence-corrected chi connectivity index (χ0v) is 15.8. The Morgan fingerprint density at radius 2 is 2.19 bits per heavy atom. The summed E-state index contributed by atoms with van der Waals surface area (Å²) in [5.74, 6) is 0.826. The van der Waals surface area contributed by atoms with Gasteiger partial charge in [-0.1, -0.05) is 23.9 Å². The summed E-state index contributed by atoms with van der Waals surface area (Å²) < 4.78 is 35.9. The molecule has 0 bridgehead atoms. The molecular weight excluding hydrogens is 378 g/mol. The van der Waals surface area contributed by atoms with E-state index >= 15 is 0 Å². The highest BCUT2D eigenvalue weighted by molar-refractivity contribution is 7.99. The monoisotopic (exact) mass is 398 g/mol. The number of benzene rings is 1. The lowest BCUT2D eigenvalue weighted by molar-refractivity contribution is -0.118. The van der Waals surface area contributed by atoms with E-state index in [1.54, 1.807) is 12.1 Å². The molecule has 0 spiro atoms. The van der Waals surface area contributed by atoms with E-state index in [2.05, 4.69) is 26.8 Å². The van der Waals surface area contributed by atoms with Gasteiger partial charge in [-0.25, -0.2) is 0 Å². The largest absolute Gasteiger partial charge is 0.493 e. The van der Waals surface area contributed by atoms with E-state index in [1.165, 1.54) is 31.0 Å². The van der Waals surface area contributed by atoms with E-state index in [-0.39, 0.29) is 29.7 Å². The summed E-state index contributed by atoms with van der Waals surface area (Å²) in [4.78, 5) is 12.1. The maximum Gasteiger partial charge on any atom is 0.387 e. The molecule has 0 atom stereocenters. The molecule has 1 heterocycles. The summed E-state index contributed by atoms with van der Waals surface area (Å²) in [5.41, 5.74) is 0.692. The number of thioether (sulfide) groups is 1. The van der Waals surface area contributed by atoms with E-state index in [0.717, 1.165) is 5.82 Å². The number of amides is 1. The molecule has 2 aromatic rings. The molecule has 0 saturated heterocycles. The topological polar surface area (TPSA) is 78.3 Å². The number of aryl methyl sites for hydroxylation is 1. The van der Waals surface area contributed by atoms with Crippen molar-refractivity contribution < 1.29 is 23.0 Å². The lowest BCUT2D eigenvalue weighted by atomic mass is 10.2. The van der Waals surface area contributed by atoms with Crippen molar-refractivity contribution in [3.8, 4) is 11.5 Å². The first-order chi connectivity index (χ1) is 12.9. The Kier molecular flexibility index (Phi) is 7.59. The Hall–Kier alpha value is -2.62. The Balaban J connectivity index is 1.89. The van der Waals surface area contributed by atoms with Crippen LogP contribution in [0.15, 0.2) is 36.0 Å². The average molecular weight is 398 g/mol. The summed E-state index contributed by atoms with van der Waals surface area (Å²) in [6, 6.07) is 4.49. The fourth-order valence-electron chi connectivity index (χ4n) is 2.20. The van der Waals surface area contributed by atoms with Gasteiger partial charge in [0.05, 0.1) is 12.9 Å². The molecule has 1 amide bonds. The van der Waals surface area contributed by atoms with E-state index in [1.807, 2.05) is 11.5 Å². The highest BCUT2D eigenvalue weighted by atomic mass is 32.2. The lowest BCUT2D eigenvalue weighted by Crippen LogP contribution is -2.24. The summed E-state index contributed by atoms with van der Waals surface area (Å²) in [5, 5.41) is 11.4. The van der Waals surface area contributed by atoms with Gasteiger partial charge >= 0.3 is 6.61 Å². The van der Waals surface area contributed by atoms with Gasteiger partial charge in [0.2, 0.25) is 5.91 Å². The van der Waals surface area contributed by atoms with Gasteiger partial charge in [-0.3, -0.25) is 4.79 Å². The van der Waals surface area contributed by atoms with Gasteiger partial charge in [-0.15, -0.1) is 16.8 Å². The SMILES string of the molecule is C=CCn1c(C)nnc1SCC(=O)NCc1ccc(OC(F)F)c(OC)c1. The number of carbonyl (C=O) groups excluding carboxylic acids is 1. The van der Waals surface area contributed by atoms with E-state index in [0.29, 0.717) is 17.3 Å². The van der Waals surface area contributed by atoms with Crippen LogP contribution in [0.1, 0.15) is 11.4 Å². The molecule has 0 aliphatic carbocycles. The van der Waals surface area contributed by atoms with Crippen molar-refractivity contribution in [2.45, 2.75) is 31.8 Å². The fraction of sp³-hybridized carbons (Fsp3) is 0.353. The molecule has 27 heavy (non-hydrogen) atoms. The van der Waals surface area contributed by atoms with Crippen molar-refractivity contribution in [1.82, 2.24) is 20.1 Å². The van der Waals surface area contributed by atoms with E-state index in [4.69, 9.17) is 4.74 Å². The summed E-state index contributed by atoms with van der Waals surface area (Å²) in [6.45, 7) is 3.37. The van der Waals surface area contributed by atoms with Crippen molar-refractivity contribution in [1.29, 1.82) is 0 Å². The molecular formula is C17H20F2N4O3S. The van der Waals surface area contributed by atoms with Gasteiger partial charge in [-0.2, -0.15) is 8.78 Å². The molecule has 0 unspecified atom stereocenters. The van der Waals surface area contributed by atoms with Crippen LogP contribution in [0, 0.1) is 6.92 Å². The van der Waals surface area contributed by atoms with Crippen LogP contribution in [0.5, 0.6) is 11.5 Å². The molecule has 7 nitrogen and oxygen atoms in total. The third-order valence-corrected chi connectivity index (χ3v) is 4.45. The quantitative estimate of drug-likeness (QED) is 0.490. The predicted molar refractivity (Wildman–Crippen MR) is 97.2 cm³/mol. The highest BCUT2D eigenvalue weighted by Gasteiger charge is 2.13. The maximum atomic E-state index is 12.3. The highest BCUT2D eigenvalue weighted by Crippen LogP contribution is 2.29. The Labute approximate surface area is 159 Å². The van der Waals surface area contributed by atoms with Gasteiger partial charge in [0.1, 0.15) is 5.82 Å². The molecule has 0 saturated carbocycles. The third kappa shape index (κ3) is 5.95. The molecule has 1 N–H and O–H groups in total. The zero-order valence-electron chi connectivity index (χ0n) is 14.9. The molecule has 0 fully saturated rings. The predicted octanol–water partition coefficient (Wildman–Crippen LogP) is 2.79. The van der Waals surface area contributed by atoms with Gasteiger partial charge in [0.25, 0.3) is 0 Å². The first-order valence-corrected chi connectivity index (χ1v) is 8.95. The number of nitrogens with zero attached hydrogens (tertiary/aromatic N) is 3. The van der Waals surface area contributed by atoms with Crippen molar-refractivity contribution in [3.05, 3.63) is 42.2 Å². The first-order valence-electron chi connectivity index (χ1n) is 7.96. The normalized spacial score (nSPS) is 10.7. The maximum absolute atomic E-state index is 12.3. The number of allylic oxidation sites excluding steroid dienone is 1. The van der Waals surface area contributed by atoms with Crippen LogP contribution in [0.3, 0.4) is 0 Å². The summed E-state index contributed by atoms with van der Waals surface area (Å²) in [6.07, 6.45) is 1.73. The van der Waals surface area contributed by atoms with Crippen LogP contribution in [0.2, 0.25) is 0 Å². The molecule has 1 aromatic heterocycles. The fourth-order valence-corrected chi connectivity index (χ4v) is 3.03. The summed E-state index contributed by atoms with van der Waals surface area (Å²) in [7, 11) is 1.36. The van der Waals surface area contributed by atoms with Crippen LogP contribution < -0.4 is 14.8 Å². The number of hydrogen-bond acceptors (Lipinski definition) is 6. The van der Waals surface area contributed by atoms with Gasteiger partial charge in [0.15, 0.2) is 16.7 Å². The number of hydrogen-bond donors (Lipinski definition) is 1. The minimum absolute atomic E-state index is 0.0601. The standard InChI is InChI=1S/C17H20F2N4O3S/c1-4-7-23-11(2)21-22-17(23)27-10-15(24)20-9-12-5-6-13(26-16(18)19)14(8-12)25-3/h4-6,8,16H,1,7,9-10H2,2-3H3,(H,20,24). The third-order valence-electron chi connectivity index (χ3n) is 3.48. The number of aromatic nitrogens is 3. The number of carbonyl (C=O) groups is 1. The number of methoxy groups -OCH3 is 1. The molecule has 2 rings (SSSR count). The molecule has 0 aliphatic rings. The second kappa shape index (κ2) is 9.91. The smallest absolute Gasteiger partial charge is 0.387 e. The number of rotatable bonds is 10. The number of ether oxygens (including phenoxy) is 2. The first kappa shape index (κ1) is 20.7. The molecule has 146 valence electrons.